The molecule has 1 rings (SSSR count). The second-order valence-electron chi connectivity index (χ2n) is 3.85. The van der Waals surface area contributed by atoms with Crippen molar-refractivity contribution in [2.24, 2.45) is 0 Å². The number of ether oxygens (including phenoxy) is 1. The Kier molecular flexibility index (Phi) is 3.72. The molecule has 0 radical (unpaired) electrons. The largest absolute Gasteiger partial charge is 0.489 e. The van der Waals surface area contributed by atoms with Gasteiger partial charge in [-0.3, -0.25) is 0 Å². The van der Waals surface area contributed by atoms with Crippen molar-refractivity contribution in [3.8, 4) is 11.8 Å². The molecule has 0 aliphatic heterocycles. The van der Waals surface area contributed by atoms with Gasteiger partial charge in [-0.2, -0.15) is 5.26 Å². The Hall–Kier alpha value is -1.05. The van der Waals surface area contributed by atoms with Gasteiger partial charge in [0.05, 0.1) is 11.2 Å². The predicted octanol–water partition coefficient (Wildman–Crippen LogP) is 2.47. The third kappa shape index (κ3) is 3.90. The van der Waals surface area contributed by atoms with E-state index in [2.05, 4.69) is 15.9 Å². The van der Waals surface area contributed by atoms with Gasteiger partial charge in [-0.1, -0.05) is 15.9 Å². The van der Waals surface area contributed by atoms with Crippen LogP contribution in [0.1, 0.15) is 19.4 Å². The Balaban J connectivity index is 2.82. The minimum atomic E-state index is -0.903. The highest BCUT2D eigenvalue weighted by molar-refractivity contribution is 9.10. The highest BCUT2D eigenvalue weighted by Crippen LogP contribution is 2.23. The molecule has 0 saturated carbocycles. The van der Waals surface area contributed by atoms with Crippen LogP contribution in [0.25, 0.3) is 0 Å². The number of aliphatic hydroxyl groups is 1. The van der Waals surface area contributed by atoms with Crippen molar-refractivity contribution in [1.29, 1.82) is 5.26 Å². The molecular formula is C11H12BrNO2. The molecule has 1 aromatic rings. The van der Waals surface area contributed by atoms with E-state index in [1.165, 1.54) is 0 Å². The SMILES string of the molecule is CC(C)(O)COc1ccc(Br)cc1C#N. The Morgan fingerprint density at radius 3 is 2.73 bits per heavy atom. The van der Waals surface area contributed by atoms with Gasteiger partial charge in [0.15, 0.2) is 0 Å². The normalized spacial score (nSPS) is 10.9. The number of halogens is 1. The average molecular weight is 270 g/mol. The number of nitriles is 1. The summed E-state index contributed by atoms with van der Waals surface area (Å²) in [4.78, 5) is 0. The van der Waals surface area contributed by atoms with E-state index in [0.717, 1.165) is 4.47 Å². The van der Waals surface area contributed by atoms with Gasteiger partial charge in [-0.15, -0.1) is 0 Å². The molecule has 0 aliphatic carbocycles. The molecule has 0 heterocycles. The van der Waals surface area contributed by atoms with E-state index in [4.69, 9.17) is 10.00 Å². The standard InChI is InChI=1S/C11H12BrNO2/c1-11(2,14)7-15-10-4-3-9(12)5-8(10)6-13/h3-5,14H,7H2,1-2H3. The number of hydrogen-bond acceptors (Lipinski definition) is 3. The Bertz CT molecular complexity index is 391. The smallest absolute Gasteiger partial charge is 0.137 e. The maximum atomic E-state index is 9.48. The Morgan fingerprint density at radius 2 is 2.20 bits per heavy atom. The Labute approximate surface area is 97.4 Å². The van der Waals surface area contributed by atoms with E-state index >= 15 is 0 Å². The van der Waals surface area contributed by atoms with Gasteiger partial charge >= 0.3 is 0 Å². The minimum absolute atomic E-state index is 0.156. The summed E-state index contributed by atoms with van der Waals surface area (Å²) in [5, 5.41) is 18.3. The first-order valence-electron chi connectivity index (χ1n) is 4.47. The molecule has 4 heteroatoms. The summed E-state index contributed by atoms with van der Waals surface area (Å²) < 4.78 is 6.18. The van der Waals surface area contributed by atoms with E-state index < -0.39 is 5.60 Å². The third-order valence-corrected chi connectivity index (χ3v) is 2.14. The molecular weight excluding hydrogens is 258 g/mol. The lowest BCUT2D eigenvalue weighted by Crippen LogP contribution is -2.28. The quantitative estimate of drug-likeness (QED) is 0.917. The molecule has 0 aromatic heterocycles. The molecule has 0 saturated heterocycles. The Morgan fingerprint density at radius 1 is 1.53 bits per heavy atom. The summed E-state index contributed by atoms with van der Waals surface area (Å²) in [7, 11) is 0. The van der Waals surface area contributed by atoms with Gasteiger partial charge in [-0.05, 0) is 32.0 Å². The van der Waals surface area contributed by atoms with Crippen LogP contribution in [-0.4, -0.2) is 17.3 Å². The van der Waals surface area contributed by atoms with Crippen LogP contribution < -0.4 is 4.74 Å². The van der Waals surface area contributed by atoms with Crippen LogP contribution >= 0.6 is 15.9 Å². The van der Waals surface area contributed by atoms with Gasteiger partial charge in [0.1, 0.15) is 18.4 Å². The molecule has 0 aliphatic rings. The topological polar surface area (TPSA) is 53.2 Å². The van der Waals surface area contributed by atoms with E-state index in [-0.39, 0.29) is 6.61 Å². The van der Waals surface area contributed by atoms with E-state index in [1.807, 2.05) is 6.07 Å². The summed E-state index contributed by atoms with van der Waals surface area (Å²) in [5.74, 6) is 0.489. The number of nitrogens with zero attached hydrogens (tertiary/aromatic N) is 1. The summed E-state index contributed by atoms with van der Waals surface area (Å²) >= 11 is 3.27. The first-order chi connectivity index (χ1) is 6.92. The zero-order valence-electron chi connectivity index (χ0n) is 8.62. The van der Waals surface area contributed by atoms with E-state index in [0.29, 0.717) is 11.3 Å². The van der Waals surface area contributed by atoms with Gasteiger partial charge in [0.2, 0.25) is 0 Å². The summed E-state index contributed by atoms with van der Waals surface area (Å²) in [6, 6.07) is 7.21. The van der Waals surface area contributed by atoms with Gasteiger partial charge < -0.3 is 9.84 Å². The van der Waals surface area contributed by atoms with Crippen LogP contribution in [0.3, 0.4) is 0 Å². The lowest BCUT2D eigenvalue weighted by Gasteiger charge is -2.18. The minimum Gasteiger partial charge on any atom is -0.489 e. The molecule has 80 valence electrons. The highest BCUT2D eigenvalue weighted by Gasteiger charge is 2.14. The predicted molar refractivity (Wildman–Crippen MR) is 60.6 cm³/mol. The molecule has 1 N–H and O–H groups in total. The lowest BCUT2D eigenvalue weighted by atomic mass is 10.1. The molecule has 1 aromatic carbocycles. The fraction of sp³-hybridized carbons (Fsp3) is 0.364. The number of benzene rings is 1. The monoisotopic (exact) mass is 269 g/mol. The second kappa shape index (κ2) is 4.65. The van der Waals surface area contributed by atoms with Gasteiger partial charge in [0, 0.05) is 4.47 Å². The maximum Gasteiger partial charge on any atom is 0.137 e. The van der Waals surface area contributed by atoms with Crippen molar-refractivity contribution in [1.82, 2.24) is 0 Å². The highest BCUT2D eigenvalue weighted by atomic mass is 79.9. The molecule has 0 bridgehead atoms. The third-order valence-electron chi connectivity index (χ3n) is 1.64. The molecule has 0 atom stereocenters. The molecule has 15 heavy (non-hydrogen) atoms. The molecule has 0 unspecified atom stereocenters. The van der Waals surface area contributed by atoms with Crippen molar-refractivity contribution in [3.05, 3.63) is 28.2 Å². The van der Waals surface area contributed by atoms with Crippen LogP contribution in [0, 0.1) is 11.3 Å². The average Bonchev–Trinajstić information content (AvgIpc) is 2.14. The zero-order valence-corrected chi connectivity index (χ0v) is 10.2. The van der Waals surface area contributed by atoms with Crippen molar-refractivity contribution >= 4 is 15.9 Å². The van der Waals surface area contributed by atoms with Crippen LogP contribution in [0.15, 0.2) is 22.7 Å². The molecule has 3 nitrogen and oxygen atoms in total. The van der Waals surface area contributed by atoms with Crippen LogP contribution in [0.5, 0.6) is 5.75 Å². The number of hydrogen-bond donors (Lipinski definition) is 1. The van der Waals surface area contributed by atoms with Gasteiger partial charge in [-0.25, -0.2) is 0 Å². The lowest BCUT2D eigenvalue weighted by molar-refractivity contribution is 0.0284. The summed E-state index contributed by atoms with van der Waals surface area (Å²) in [6.45, 7) is 3.46. The maximum absolute atomic E-state index is 9.48. The van der Waals surface area contributed by atoms with Crippen LogP contribution in [0.2, 0.25) is 0 Å². The first kappa shape index (κ1) is 12.0. The second-order valence-corrected chi connectivity index (χ2v) is 4.77. The summed E-state index contributed by atoms with van der Waals surface area (Å²) in [6.07, 6.45) is 0. The fourth-order valence-electron chi connectivity index (χ4n) is 0.970. The van der Waals surface area contributed by atoms with Crippen molar-refractivity contribution in [2.75, 3.05) is 6.61 Å². The van der Waals surface area contributed by atoms with Crippen molar-refractivity contribution in [3.63, 3.8) is 0 Å². The molecule has 0 fully saturated rings. The zero-order chi connectivity index (χ0) is 11.5. The molecule has 0 amide bonds. The van der Waals surface area contributed by atoms with Crippen LogP contribution in [0.4, 0.5) is 0 Å². The van der Waals surface area contributed by atoms with Crippen molar-refractivity contribution in [2.45, 2.75) is 19.4 Å². The first-order valence-corrected chi connectivity index (χ1v) is 5.26. The van der Waals surface area contributed by atoms with E-state index in [9.17, 15) is 5.11 Å². The van der Waals surface area contributed by atoms with Crippen molar-refractivity contribution < 1.29 is 9.84 Å². The van der Waals surface area contributed by atoms with Gasteiger partial charge in [0.25, 0.3) is 0 Å². The fourth-order valence-corrected chi connectivity index (χ4v) is 1.33. The van der Waals surface area contributed by atoms with E-state index in [1.54, 1.807) is 32.0 Å². The number of rotatable bonds is 3. The summed E-state index contributed by atoms with van der Waals surface area (Å²) in [5.41, 5.74) is -0.451. The van der Waals surface area contributed by atoms with Crippen LogP contribution in [-0.2, 0) is 0 Å². The molecule has 0 spiro atoms.